The van der Waals surface area contributed by atoms with Gasteiger partial charge in [-0.25, -0.2) is 14.8 Å². The zero-order valence-electron chi connectivity index (χ0n) is 22.3. The number of nitrogens with zero attached hydrogens (tertiary/aromatic N) is 5. The number of anilines is 3. The van der Waals surface area contributed by atoms with E-state index in [1.54, 1.807) is 11.8 Å². The van der Waals surface area contributed by atoms with Crippen molar-refractivity contribution in [3.05, 3.63) is 64.7 Å². The van der Waals surface area contributed by atoms with Crippen molar-refractivity contribution < 1.29 is 49.4 Å². The van der Waals surface area contributed by atoms with Gasteiger partial charge in [0, 0.05) is 43.0 Å². The third-order valence-electron chi connectivity index (χ3n) is 6.49. The molecule has 43 heavy (non-hydrogen) atoms. The van der Waals surface area contributed by atoms with Crippen LogP contribution in [-0.4, -0.2) is 49.8 Å². The Morgan fingerprint density at radius 3 is 2.21 bits per heavy atom. The molecule has 9 nitrogen and oxygen atoms in total. The summed E-state index contributed by atoms with van der Waals surface area (Å²) in [4.78, 5) is 26.6. The molecule has 4 rings (SSSR count). The number of nitrogens with two attached hydrogens (primary N) is 1. The number of carboxylic acid groups (broad SMARTS) is 1. The molecule has 0 bridgehead atoms. The normalized spacial score (nSPS) is 17.3. The van der Waals surface area contributed by atoms with Crippen LogP contribution in [0.1, 0.15) is 47.8 Å². The van der Waals surface area contributed by atoms with Gasteiger partial charge in [0.05, 0.1) is 11.3 Å². The molecule has 0 aliphatic carbocycles. The minimum Gasteiger partial charge on any atom is -0.475 e. The van der Waals surface area contributed by atoms with Gasteiger partial charge in [0.2, 0.25) is 5.95 Å². The summed E-state index contributed by atoms with van der Waals surface area (Å²) in [6, 6.07) is 4.04. The maximum atomic E-state index is 13.7. The summed E-state index contributed by atoms with van der Waals surface area (Å²) in [6.07, 6.45) is -11.5. The second kappa shape index (κ2) is 12.5. The Balaban J connectivity index is 0.000000646. The fraction of sp³-hybridized carbons (Fsp3) is 0.400. The first-order chi connectivity index (χ1) is 19.8. The van der Waals surface area contributed by atoms with E-state index in [9.17, 15) is 39.5 Å². The first-order valence-electron chi connectivity index (χ1n) is 12.3. The van der Waals surface area contributed by atoms with Gasteiger partial charge in [0.15, 0.2) is 0 Å². The standard InChI is InChI=1S/C23H23F6N7.C2HF3O2/c1-12-13(2)36(20-16(22(24,25)26)4-3-8-31-20)9-7-15-18(12)34-21(30)35-19(15)33-11-14-5-6-17(32-10-14)23(27,28)29;3-2(4,5)1(6)7/h3-6,8,10,12-13H,7,9,11H2,1-2H3,(H3,30,33,34,35);(H,6,7). The van der Waals surface area contributed by atoms with Crippen molar-refractivity contribution in [3.8, 4) is 0 Å². The van der Waals surface area contributed by atoms with E-state index in [4.69, 9.17) is 15.6 Å². The maximum absolute atomic E-state index is 13.7. The smallest absolute Gasteiger partial charge is 0.475 e. The molecule has 0 saturated carbocycles. The predicted molar refractivity (Wildman–Crippen MR) is 135 cm³/mol. The van der Waals surface area contributed by atoms with Crippen LogP contribution in [0.25, 0.3) is 0 Å². The summed E-state index contributed by atoms with van der Waals surface area (Å²) >= 11 is 0. The summed E-state index contributed by atoms with van der Waals surface area (Å²) in [5.41, 5.74) is 5.86. The molecule has 1 aliphatic heterocycles. The number of aliphatic carboxylic acids is 1. The number of carboxylic acids is 1. The lowest BCUT2D eigenvalue weighted by Gasteiger charge is -2.33. The van der Waals surface area contributed by atoms with Crippen LogP contribution < -0.4 is 16.0 Å². The SMILES string of the molecule is CC1c2nc(N)nc(NCc3ccc(C(F)(F)F)nc3)c2CCN(c2ncccc2C(F)(F)F)C1C.O=C(O)C(F)(F)F. The molecule has 3 aromatic rings. The highest BCUT2D eigenvalue weighted by molar-refractivity contribution is 5.73. The highest BCUT2D eigenvalue weighted by Gasteiger charge is 2.39. The number of halogens is 9. The average Bonchev–Trinajstić information content (AvgIpc) is 3.02. The number of alkyl halides is 9. The van der Waals surface area contributed by atoms with Gasteiger partial charge in [0.1, 0.15) is 17.3 Å². The van der Waals surface area contributed by atoms with E-state index in [1.165, 1.54) is 18.3 Å². The van der Waals surface area contributed by atoms with E-state index in [1.807, 2.05) is 6.92 Å². The Labute approximate surface area is 238 Å². The number of nitrogen functional groups attached to an aromatic ring is 1. The fourth-order valence-electron chi connectivity index (χ4n) is 4.25. The van der Waals surface area contributed by atoms with Crippen LogP contribution in [0, 0.1) is 0 Å². The molecule has 0 fully saturated rings. The van der Waals surface area contributed by atoms with Crippen molar-refractivity contribution in [3.63, 3.8) is 0 Å². The molecule has 3 aromatic heterocycles. The van der Waals surface area contributed by atoms with Gasteiger partial charge in [-0.3, -0.25) is 4.98 Å². The summed E-state index contributed by atoms with van der Waals surface area (Å²) in [5.74, 6) is -2.90. The van der Waals surface area contributed by atoms with E-state index in [2.05, 4.69) is 25.3 Å². The molecular formula is C25H24F9N7O2. The van der Waals surface area contributed by atoms with Gasteiger partial charge in [-0.1, -0.05) is 13.0 Å². The summed E-state index contributed by atoms with van der Waals surface area (Å²) in [7, 11) is 0. The van der Waals surface area contributed by atoms with E-state index in [0.29, 0.717) is 29.1 Å². The molecule has 4 N–H and O–H groups in total. The Morgan fingerprint density at radius 2 is 1.67 bits per heavy atom. The van der Waals surface area contributed by atoms with Gasteiger partial charge >= 0.3 is 24.5 Å². The molecule has 0 spiro atoms. The second-order valence-electron chi connectivity index (χ2n) is 9.35. The van der Waals surface area contributed by atoms with Gasteiger partial charge in [-0.05, 0) is 37.1 Å². The number of fused-ring (bicyclic) bond motifs is 1. The van der Waals surface area contributed by atoms with Gasteiger partial charge in [-0.15, -0.1) is 0 Å². The van der Waals surface area contributed by atoms with Crippen LogP contribution in [0.4, 0.5) is 57.1 Å². The predicted octanol–water partition coefficient (Wildman–Crippen LogP) is 5.69. The number of nitrogens with one attached hydrogen (secondary N) is 1. The van der Waals surface area contributed by atoms with E-state index in [-0.39, 0.29) is 30.8 Å². The minimum absolute atomic E-state index is 0.0249. The van der Waals surface area contributed by atoms with Crippen LogP contribution in [0.3, 0.4) is 0 Å². The van der Waals surface area contributed by atoms with Crippen molar-refractivity contribution in [2.75, 3.05) is 22.5 Å². The highest BCUT2D eigenvalue weighted by atomic mass is 19.4. The minimum atomic E-state index is -5.08. The van der Waals surface area contributed by atoms with Gasteiger partial charge < -0.3 is 21.1 Å². The summed E-state index contributed by atoms with van der Waals surface area (Å²) in [5, 5.41) is 10.2. The molecule has 1 aliphatic rings. The Bertz CT molecular complexity index is 1430. The largest absolute Gasteiger partial charge is 0.490 e. The molecule has 0 aromatic carbocycles. The molecule has 2 unspecified atom stereocenters. The summed E-state index contributed by atoms with van der Waals surface area (Å²) < 4.78 is 111. The molecule has 2 atom stereocenters. The van der Waals surface area contributed by atoms with Crippen LogP contribution in [0.15, 0.2) is 36.7 Å². The number of hydrogen-bond acceptors (Lipinski definition) is 8. The zero-order chi connectivity index (χ0) is 32.3. The maximum Gasteiger partial charge on any atom is 0.490 e. The first-order valence-corrected chi connectivity index (χ1v) is 12.3. The molecule has 4 heterocycles. The van der Waals surface area contributed by atoms with E-state index < -0.39 is 41.8 Å². The van der Waals surface area contributed by atoms with Crippen molar-refractivity contribution in [2.24, 2.45) is 0 Å². The second-order valence-corrected chi connectivity index (χ2v) is 9.35. The van der Waals surface area contributed by atoms with Crippen molar-refractivity contribution in [2.45, 2.75) is 57.3 Å². The first kappa shape index (κ1) is 33.1. The molecular weight excluding hydrogens is 601 g/mol. The number of rotatable bonds is 4. The third-order valence-corrected chi connectivity index (χ3v) is 6.49. The lowest BCUT2D eigenvalue weighted by Crippen LogP contribution is -2.38. The van der Waals surface area contributed by atoms with E-state index >= 15 is 0 Å². The fourth-order valence-corrected chi connectivity index (χ4v) is 4.25. The topological polar surface area (TPSA) is 130 Å². The quantitative estimate of drug-likeness (QED) is 0.313. The lowest BCUT2D eigenvalue weighted by atomic mass is 9.95. The van der Waals surface area contributed by atoms with Gasteiger partial charge in [0.25, 0.3) is 0 Å². The molecule has 234 valence electrons. The van der Waals surface area contributed by atoms with Crippen LogP contribution in [-0.2, 0) is 30.1 Å². The molecule has 0 saturated heterocycles. The number of aromatic nitrogens is 4. The summed E-state index contributed by atoms with van der Waals surface area (Å²) in [6.45, 7) is 3.96. The average molecular weight is 625 g/mol. The van der Waals surface area contributed by atoms with Crippen molar-refractivity contribution >= 4 is 23.6 Å². The van der Waals surface area contributed by atoms with Gasteiger partial charge in [-0.2, -0.15) is 44.5 Å². The molecule has 0 amide bonds. The number of pyridine rings is 2. The van der Waals surface area contributed by atoms with Crippen LogP contribution in [0.2, 0.25) is 0 Å². The third kappa shape index (κ3) is 8.13. The Hall–Kier alpha value is -4.38. The molecule has 18 heteroatoms. The van der Waals surface area contributed by atoms with Crippen LogP contribution in [0.5, 0.6) is 0 Å². The zero-order valence-corrected chi connectivity index (χ0v) is 22.3. The number of hydrogen-bond donors (Lipinski definition) is 3. The highest BCUT2D eigenvalue weighted by Crippen LogP contribution is 2.40. The van der Waals surface area contributed by atoms with Crippen molar-refractivity contribution in [1.82, 2.24) is 19.9 Å². The monoisotopic (exact) mass is 625 g/mol. The van der Waals surface area contributed by atoms with E-state index in [0.717, 1.165) is 18.3 Å². The van der Waals surface area contributed by atoms with Crippen LogP contribution >= 0.6 is 0 Å². The number of carbonyl (C=O) groups is 1. The Morgan fingerprint density at radius 1 is 1.02 bits per heavy atom. The van der Waals surface area contributed by atoms with Crippen molar-refractivity contribution in [1.29, 1.82) is 0 Å². The lowest BCUT2D eigenvalue weighted by molar-refractivity contribution is -0.192. The molecule has 0 radical (unpaired) electrons. The Kier molecular flexibility index (Phi) is 9.60.